The third kappa shape index (κ3) is 2.51. The zero-order valence-electron chi connectivity index (χ0n) is 9.29. The first-order chi connectivity index (χ1) is 7.29. The fourth-order valence-electron chi connectivity index (χ4n) is 2.27. The summed E-state index contributed by atoms with van der Waals surface area (Å²) in [6.45, 7) is 3.29. The first-order valence-electron chi connectivity index (χ1n) is 5.83. The Balaban J connectivity index is 2.05. The van der Waals surface area contributed by atoms with Crippen LogP contribution in [0.15, 0.2) is 18.2 Å². The number of aryl methyl sites for hydroxylation is 1. The number of hydrogen-bond donors (Lipinski definition) is 2. The molecule has 1 aromatic carbocycles. The summed E-state index contributed by atoms with van der Waals surface area (Å²) in [4.78, 5) is 0. The summed E-state index contributed by atoms with van der Waals surface area (Å²) >= 11 is 0. The summed E-state index contributed by atoms with van der Waals surface area (Å²) in [5, 5.41) is 13.0. The molecule has 82 valence electrons. The lowest BCUT2D eigenvalue weighted by Gasteiger charge is -2.25. The molecule has 15 heavy (non-hydrogen) atoms. The van der Waals surface area contributed by atoms with Crippen LogP contribution in [-0.2, 0) is 12.8 Å². The van der Waals surface area contributed by atoms with Crippen molar-refractivity contribution in [2.24, 2.45) is 0 Å². The second kappa shape index (κ2) is 4.67. The number of rotatable bonds is 3. The van der Waals surface area contributed by atoms with Gasteiger partial charge in [-0.15, -0.1) is 0 Å². The minimum Gasteiger partial charge on any atom is -0.508 e. The standard InChI is InChI=1S/C13H19NO/c1-2-7-14-12-5-3-10-4-6-13(15)9-11(10)8-12/h4,6,9,12,14-15H,2-3,5,7-8H2,1H3/t12-/m1/s1. The third-order valence-corrected chi connectivity index (χ3v) is 3.10. The van der Waals surface area contributed by atoms with E-state index in [1.54, 1.807) is 6.07 Å². The van der Waals surface area contributed by atoms with Gasteiger partial charge in [-0.1, -0.05) is 13.0 Å². The topological polar surface area (TPSA) is 32.3 Å². The Morgan fingerprint density at radius 1 is 1.40 bits per heavy atom. The largest absolute Gasteiger partial charge is 0.508 e. The minimum atomic E-state index is 0.393. The molecule has 0 heterocycles. The van der Waals surface area contributed by atoms with Gasteiger partial charge in [0.2, 0.25) is 0 Å². The lowest BCUT2D eigenvalue weighted by atomic mass is 9.88. The van der Waals surface area contributed by atoms with Gasteiger partial charge in [0, 0.05) is 6.04 Å². The Kier molecular flexibility index (Phi) is 3.27. The average molecular weight is 205 g/mol. The number of aromatic hydroxyl groups is 1. The molecule has 1 aromatic rings. The predicted molar refractivity (Wildman–Crippen MR) is 62.2 cm³/mol. The second-order valence-corrected chi connectivity index (χ2v) is 4.35. The molecule has 2 rings (SSSR count). The fraction of sp³-hybridized carbons (Fsp3) is 0.538. The highest BCUT2D eigenvalue weighted by atomic mass is 16.3. The van der Waals surface area contributed by atoms with E-state index in [0.29, 0.717) is 11.8 Å². The van der Waals surface area contributed by atoms with E-state index >= 15 is 0 Å². The van der Waals surface area contributed by atoms with Crippen LogP contribution < -0.4 is 5.32 Å². The number of hydrogen-bond acceptors (Lipinski definition) is 2. The van der Waals surface area contributed by atoms with Crippen molar-refractivity contribution in [3.8, 4) is 5.75 Å². The monoisotopic (exact) mass is 205 g/mol. The van der Waals surface area contributed by atoms with Crippen molar-refractivity contribution in [2.45, 2.75) is 38.6 Å². The molecular formula is C13H19NO. The van der Waals surface area contributed by atoms with Gasteiger partial charge in [0.05, 0.1) is 0 Å². The SMILES string of the molecule is CCCN[C@@H]1CCc2ccc(O)cc2C1. The number of fused-ring (bicyclic) bond motifs is 1. The van der Waals surface area contributed by atoms with Crippen molar-refractivity contribution in [3.63, 3.8) is 0 Å². The van der Waals surface area contributed by atoms with Gasteiger partial charge < -0.3 is 10.4 Å². The molecule has 0 saturated heterocycles. The normalized spacial score (nSPS) is 19.9. The maximum Gasteiger partial charge on any atom is 0.115 e. The fourth-order valence-corrected chi connectivity index (χ4v) is 2.27. The molecular weight excluding hydrogens is 186 g/mol. The summed E-state index contributed by atoms with van der Waals surface area (Å²) in [7, 11) is 0. The van der Waals surface area contributed by atoms with Gasteiger partial charge >= 0.3 is 0 Å². The zero-order valence-corrected chi connectivity index (χ0v) is 9.29. The minimum absolute atomic E-state index is 0.393. The van der Waals surface area contributed by atoms with Crippen LogP contribution in [0.4, 0.5) is 0 Å². The molecule has 0 saturated carbocycles. The highest BCUT2D eigenvalue weighted by molar-refractivity contribution is 5.37. The molecule has 1 atom stereocenters. The van der Waals surface area contributed by atoms with Gasteiger partial charge in [-0.3, -0.25) is 0 Å². The van der Waals surface area contributed by atoms with Crippen molar-refractivity contribution < 1.29 is 5.11 Å². The van der Waals surface area contributed by atoms with Crippen LogP contribution in [0.25, 0.3) is 0 Å². The quantitative estimate of drug-likeness (QED) is 0.793. The van der Waals surface area contributed by atoms with Gasteiger partial charge in [0.1, 0.15) is 5.75 Å². The highest BCUT2D eigenvalue weighted by Crippen LogP contribution is 2.24. The van der Waals surface area contributed by atoms with Crippen molar-refractivity contribution in [1.29, 1.82) is 0 Å². The van der Waals surface area contributed by atoms with E-state index in [1.807, 2.05) is 6.07 Å². The summed E-state index contributed by atoms with van der Waals surface area (Å²) in [6, 6.07) is 6.35. The molecule has 0 spiro atoms. The molecule has 0 fully saturated rings. The van der Waals surface area contributed by atoms with Crippen molar-refractivity contribution in [3.05, 3.63) is 29.3 Å². The Morgan fingerprint density at radius 2 is 2.27 bits per heavy atom. The highest BCUT2D eigenvalue weighted by Gasteiger charge is 2.17. The maximum atomic E-state index is 9.43. The Morgan fingerprint density at radius 3 is 3.07 bits per heavy atom. The van der Waals surface area contributed by atoms with Crippen molar-refractivity contribution in [1.82, 2.24) is 5.32 Å². The van der Waals surface area contributed by atoms with Crippen LogP contribution in [0.3, 0.4) is 0 Å². The van der Waals surface area contributed by atoms with Gasteiger partial charge in [-0.05, 0) is 55.5 Å². The van der Waals surface area contributed by atoms with Gasteiger partial charge in [-0.25, -0.2) is 0 Å². The predicted octanol–water partition coefficient (Wildman–Crippen LogP) is 2.25. The number of phenols is 1. The molecule has 0 bridgehead atoms. The van der Waals surface area contributed by atoms with Crippen LogP contribution in [0, 0.1) is 0 Å². The smallest absolute Gasteiger partial charge is 0.115 e. The zero-order chi connectivity index (χ0) is 10.7. The molecule has 0 radical (unpaired) electrons. The van der Waals surface area contributed by atoms with Crippen LogP contribution in [-0.4, -0.2) is 17.7 Å². The third-order valence-electron chi connectivity index (χ3n) is 3.10. The summed E-state index contributed by atoms with van der Waals surface area (Å²) in [5.74, 6) is 0.393. The van der Waals surface area contributed by atoms with Crippen molar-refractivity contribution >= 4 is 0 Å². The van der Waals surface area contributed by atoms with Crippen molar-refractivity contribution in [2.75, 3.05) is 6.54 Å². The molecule has 2 nitrogen and oxygen atoms in total. The summed E-state index contributed by atoms with van der Waals surface area (Å²) in [6.07, 6.45) is 4.60. The van der Waals surface area contributed by atoms with E-state index in [9.17, 15) is 5.11 Å². The van der Waals surface area contributed by atoms with E-state index in [1.165, 1.54) is 24.0 Å². The van der Waals surface area contributed by atoms with E-state index in [4.69, 9.17) is 0 Å². The molecule has 0 aromatic heterocycles. The number of nitrogens with one attached hydrogen (secondary N) is 1. The lowest BCUT2D eigenvalue weighted by molar-refractivity contribution is 0.450. The average Bonchev–Trinajstić information content (AvgIpc) is 2.25. The van der Waals surface area contributed by atoms with Crippen LogP contribution >= 0.6 is 0 Å². The van der Waals surface area contributed by atoms with E-state index in [0.717, 1.165) is 19.4 Å². The van der Waals surface area contributed by atoms with Gasteiger partial charge in [0.15, 0.2) is 0 Å². The Bertz CT molecular complexity index is 335. The van der Waals surface area contributed by atoms with E-state index in [-0.39, 0.29) is 0 Å². The number of phenolic OH excluding ortho intramolecular Hbond substituents is 1. The molecule has 0 amide bonds. The van der Waals surface area contributed by atoms with E-state index in [2.05, 4.69) is 18.3 Å². The molecule has 2 heteroatoms. The molecule has 1 aliphatic carbocycles. The number of benzene rings is 1. The summed E-state index contributed by atoms with van der Waals surface area (Å²) < 4.78 is 0. The van der Waals surface area contributed by atoms with Crippen LogP contribution in [0.2, 0.25) is 0 Å². The Labute approximate surface area is 91.3 Å². The van der Waals surface area contributed by atoms with Crippen LogP contribution in [0.5, 0.6) is 5.75 Å². The Hall–Kier alpha value is -1.02. The van der Waals surface area contributed by atoms with Crippen LogP contribution in [0.1, 0.15) is 30.9 Å². The molecule has 1 aliphatic rings. The maximum absolute atomic E-state index is 9.43. The lowest BCUT2D eigenvalue weighted by Crippen LogP contribution is -2.34. The van der Waals surface area contributed by atoms with E-state index < -0.39 is 0 Å². The first-order valence-corrected chi connectivity index (χ1v) is 5.83. The molecule has 0 unspecified atom stereocenters. The second-order valence-electron chi connectivity index (χ2n) is 4.35. The molecule has 2 N–H and O–H groups in total. The van der Waals surface area contributed by atoms with Gasteiger partial charge in [0.25, 0.3) is 0 Å². The first kappa shape index (κ1) is 10.5. The summed E-state index contributed by atoms with van der Waals surface area (Å²) in [5.41, 5.74) is 2.72. The van der Waals surface area contributed by atoms with Gasteiger partial charge in [-0.2, -0.15) is 0 Å². The molecule has 0 aliphatic heterocycles.